The van der Waals surface area contributed by atoms with Gasteiger partial charge in [-0.3, -0.25) is 4.79 Å². The van der Waals surface area contributed by atoms with E-state index in [-0.39, 0.29) is 5.56 Å². The van der Waals surface area contributed by atoms with Crippen molar-refractivity contribution in [1.82, 2.24) is 14.8 Å². The Hall–Kier alpha value is -1.62. The number of likely N-dealkylation sites (tertiary alicyclic amines) is 1. The predicted molar refractivity (Wildman–Crippen MR) is 98.0 cm³/mol. The lowest BCUT2D eigenvalue weighted by Crippen LogP contribution is -2.53. The summed E-state index contributed by atoms with van der Waals surface area (Å²) >= 11 is 5.75. The molecule has 0 aromatic carbocycles. The molecule has 1 saturated heterocycles. The number of pyridine rings is 1. The monoisotopic (exact) mass is 341 g/mol. The van der Waals surface area contributed by atoms with Crippen molar-refractivity contribution in [3.05, 3.63) is 46.4 Å². The van der Waals surface area contributed by atoms with Gasteiger partial charge >= 0.3 is 0 Å². The molecule has 4 aliphatic rings. The molecule has 4 nitrogen and oxygen atoms in total. The van der Waals surface area contributed by atoms with Gasteiger partial charge in [-0.25, -0.2) is 0 Å². The van der Waals surface area contributed by atoms with Crippen LogP contribution in [0.2, 0.25) is 0 Å². The molecule has 1 aromatic heterocycles. The fourth-order valence-electron chi connectivity index (χ4n) is 5.26. The standard InChI is InChI=1S/C19H23N3OS/c23-18-3-1-2-17-15-7-13(10-22(17)18)9-21(11-15)19(24)20-16-8-12-4-5-14(16)6-12/h1-5,12-16H,6-11H2,(H,20,24)/t12?,13-,14?,15?,16?/m1/s1. The van der Waals surface area contributed by atoms with E-state index in [1.165, 1.54) is 25.0 Å². The molecule has 1 N–H and O–H groups in total. The molecule has 2 fully saturated rings. The molecular formula is C19H23N3OS. The Kier molecular flexibility index (Phi) is 3.34. The Labute approximate surface area is 147 Å². The third-order valence-corrected chi connectivity index (χ3v) is 6.73. The van der Waals surface area contributed by atoms with E-state index in [0.717, 1.165) is 30.7 Å². The van der Waals surface area contributed by atoms with Gasteiger partial charge in [-0.05, 0) is 55.3 Å². The van der Waals surface area contributed by atoms with Crippen molar-refractivity contribution >= 4 is 17.3 Å². The molecule has 4 unspecified atom stereocenters. The van der Waals surface area contributed by atoms with Crippen LogP contribution in [-0.2, 0) is 6.54 Å². The molecule has 1 saturated carbocycles. The van der Waals surface area contributed by atoms with E-state index >= 15 is 0 Å². The highest BCUT2D eigenvalue weighted by Gasteiger charge is 2.38. The smallest absolute Gasteiger partial charge is 0.250 e. The third kappa shape index (κ3) is 2.32. The number of aromatic nitrogens is 1. The molecule has 24 heavy (non-hydrogen) atoms. The molecule has 0 amide bonds. The topological polar surface area (TPSA) is 37.3 Å². The molecule has 5 atom stereocenters. The van der Waals surface area contributed by atoms with Gasteiger partial charge in [0.2, 0.25) is 0 Å². The second kappa shape index (κ2) is 5.45. The molecule has 126 valence electrons. The number of nitrogens with zero attached hydrogens (tertiary/aromatic N) is 2. The van der Waals surface area contributed by atoms with Crippen molar-refractivity contribution in [2.24, 2.45) is 17.8 Å². The fourth-order valence-corrected chi connectivity index (χ4v) is 5.56. The van der Waals surface area contributed by atoms with Gasteiger partial charge < -0.3 is 14.8 Å². The first-order chi connectivity index (χ1) is 11.7. The van der Waals surface area contributed by atoms with Crippen LogP contribution in [0, 0.1) is 17.8 Å². The van der Waals surface area contributed by atoms with Crippen molar-refractivity contribution in [3.8, 4) is 0 Å². The van der Waals surface area contributed by atoms with E-state index in [2.05, 4.69) is 28.4 Å². The number of hydrogen-bond donors (Lipinski definition) is 1. The molecular weight excluding hydrogens is 318 g/mol. The van der Waals surface area contributed by atoms with Gasteiger partial charge in [0.1, 0.15) is 0 Å². The maximum Gasteiger partial charge on any atom is 0.250 e. The number of piperidine rings is 1. The van der Waals surface area contributed by atoms with Crippen LogP contribution in [0.3, 0.4) is 0 Å². The second-order valence-electron chi connectivity index (χ2n) is 7.94. The zero-order valence-electron chi connectivity index (χ0n) is 13.7. The number of hydrogen-bond acceptors (Lipinski definition) is 2. The van der Waals surface area contributed by atoms with Gasteiger partial charge in [0.25, 0.3) is 5.56 Å². The summed E-state index contributed by atoms with van der Waals surface area (Å²) in [6.45, 7) is 2.74. The van der Waals surface area contributed by atoms with E-state index in [4.69, 9.17) is 12.2 Å². The van der Waals surface area contributed by atoms with E-state index in [9.17, 15) is 4.79 Å². The van der Waals surface area contributed by atoms with E-state index in [1.54, 1.807) is 6.07 Å². The van der Waals surface area contributed by atoms with Crippen molar-refractivity contribution in [3.63, 3.8) is 0 Å². The number of rotatable bonds is 1. The SMILES string of the molecule is O=c1cccc2n1C[C@@H]1CC2CN(C(=S)NC2CC3C=CC2C3)C1. The van der Waals surface area contributed by atoms with Gasteiger partial charge in [0.15, 0.2) is 5.11 Å². The summed E-state index contributed by atoms with van der Waals surface area (Å²) in [5, 5.41) is 4.56. The summed E-state index contributed by atoms with van der Waals surface area (Å²) in [6, 6.07) is 6.20. The second-order valence-corrected chi connectivity index (χ2v) is 8.33. The third-order valence-electron chi connectivity index (χ3n) is 6.35. The lowest BCUT2D eigenvalue weighted by molar-refractivity contribution is 0.176. The maximum absolute atomic E-state index is 12.1. The molecule has 5 rings (SSSR count). The van der Waals surface area contributed by atoms with Crippen LogP contribution in [0.15, 0.2) is 35.1 Å². The minimum atomic E-state index is 0.144. The predicted octanol–water partition coefficient (Wildman–Crippen LogP) is 2.11. The Morgan fingerprint density at radius 2 is 2.04 bits per heavy atom. The summed E-state index contributed by atoms with van der Waals surface area (Å²) in [6.07, 6.45) is 8.43. The quantitative estimate of drug-likeness (QED) is 0.627. The largest absolute Gasteiger partial charge is 0.359 e. The van der Waals surface area contributed by atoms with E-state index < -0.39 is 0 Å². The van der Waals surface area contributed by atoms with Crippen LogP contribution in [0.1, 0.15) is 30.9 Å². The fraction of sp³-hybridized carbons (Fsp3) is 0.579. The van der Waals surface area contributed by atoms with Crippen LogP contribution in [0.25, 0.3) is 0 Å². The summed E-state index contributed by atoms with van der Waals surface area (Å²) in [5.74, 6) is 2.37. The Morgan fingerprint density at radius 3 is 2.83 bits per heavy atom. The molecule has 1 aromatic rings. The first-order valence-corrected chi connectivity index (χ1v) is 9.51. The average Bonchev–Trinajstić information content (AvgIpc) is 3.18. The van der Waals surface area contributed by atoms with Crippen LogP contribution >= 0.6 is 12.2 Å². The normalized spacial score (nSPS) is 35.8. The molecule has 5 heteroatoms. The Morgan fingerprint density at radius 1 is 1.12 bits per heavy atom. The summed E-state index contributed by atoms with van der Waals surface area (Å²) in [5.41, 5.74) is 1.33. The highest BCUT2D eigenvalue weighted by atomic mass is 32.1. The lowest BCUT2D eigenvalue weighted by atomic mass is 9.83. The molecule has 3 heterocycles. The average molecular weight is 341 g/mol. The minimum Gasteiger partial charge on any atom is -0.359 e. The van der Waals surface area contributed by atoms with Crippen molar-refractivity contribution in [2.45, 2.75) is 37.8 Å². The number of thiocarbonyl (C=S) groups is 1. The van der Waals surface area contributed by atoms with Crippen molar-refractivity contribution in [2.75, 3.05) is 13.1 Å². The van der Waals surface area contributed by atoms with Crippen LogP contribution in [0.5, 0.6) is 0 Å². The Bertz CT molecular complexity index is 770. The zero-order chi connectivity index (χ0) is 16.3. The summed E-state index contributed by atoms with van der Waals surface area (Å²) in [4.78, 5) is 14.5. The lowest BCUT2D eigenvalue weighted by Gasteiger charge is -2.44. The van der Waals surface area contributed by atoms with Crippen molar-refractivity contribution in [1.29, 1.82) is 0 Å². The van der Waals surface area contributed by atoms with Crippen LogP contribution < -0.4 is 10.9 Å². The molecule has 4 bridgehead atoms. The van der Waals surface area contributed by atoms with Gasteiger partial charge in [-0.2, -0.15) is 0 Å². The molecule has 0 radical (unpaired) electrons. The minimum absolute atomic E-state index is 0.144. The van der Waals surface area contributed by atoms with E-state index in [1.807, 2.05) is 10.6 Å². The van der Waals surface area contributed by atoms with Gasteiger partial charge in [-0.1, -0.05) is 18.2 Å². The highest BCUT2D eigenvalue weighted by Crippen LogP contribution is 2.39. The zero-order valence-corrected chi connectivity index (χ0v) is 14.5. The van der Waals surface area contributed by atoms with Gasteiger partial charge in [0, 0.05) is 43.4 Å². The van der Waals surface area contributed by atoms with Crippen LogP contribution in [0.4, 0.5) is 0 Å². The molecule has 2 aliphatic carbocycles. The first-order valence-electron chi connectivity index (χ1n) is 9.11. The van der Waals surface area contributed by atoms with Gasteiger partial charge in [0.05, 0.1) is 0 Å². The number of nitrogens with one attached hydrogen (secondary N) is 1. The number of allylic oxidation sites excluding steroid dienone is 1. The first kappa shape index (κ1) is 14.7. The van der Waals surface area contributed by atoms with Gasteiger partial charge in [-0.15, -0.1) is 0 Å². The number of fused-ring (bicyclic) bond motifs is 6. The van der Waals surface area contributed by atoms with Crippen molar-refractivity contribution < 1.29 is 0 Å². The van der Waals surface area contributed by atoms with Crippen LogP contribution in [-0.4, -0.2) is 33.7 Å². The molecule has 2 aliphatic heterocycles. The maximum atomic E-state index is 12.1. The molecule has 0 spiro atoms. The highest BCUT2D eigenvalue weighted by molar-refractivity contribution is 7.80. The Balaban J connectivity index is 1.32. The summed E-state index contributed by atoms with van der Waals surface area (Å²) in [7, 11) is 0. The van der Waals surface area contributed by atoms with E-state index in [0.29, 0.717) is 23.8 Å². The summed E-state index contributed by atoms with van der Waals surface area (Å²) < 4.78 is 1.98.